The largest absolute Gasteiger partial charge is 0.370 e. The van der Waals surface area contributed by atoms with Crippen LogP contribution in [0.2, 0.25) is 0 Å². The Kier molecular flexibility index (Phi) is 2.95. The minimum Gasteiger partial charge on any atom is -0.370 e. The van der Waals surface area contributed by atoms with E-state index in [2.05, 4.69) is 35.2 Å². The van der Waals surface area contributed by atoms with Crippen LogP contribution in [0.5, 0.6) is 0 Å². The lowest BCUT2D eigenvalue weighted by Gasteiger charge is -2.25. The van der Waals surface area contributed by atoms with E-state index in [1.165, 1.54) is 10.4 Å². The molecule has 0 aliphatic carbocycles. The van der Waals surface area contributed by atoms with Crippen LogP contribution in [0.25, 0.3) is 0 Å². The SMILES string of the molecule is CCCN1C(N)=NCC1c1sccc1C. The van der Waals surface area contributed by atoms with Gasteiger partial charge < -0.3 is 10.6 Å². The van der Waals surface area contributed by atoms with Gasteiger partial charge in [-0.2, -0.15) is 0 Å². The summed E-state index contributed by atoms with van der Waals surface area (Å²) in [7, 11) is 0. The van der Waals surface area contributed by atoms with Gasteiger partial charge in [0.05, 0.1) is 12.6 Å². The third-order valence-electron chi connectivity index (χ3n) is 2.77. The summed E-state index contributed by atoms with van der Waals surface area (Å²) in [4.78, 5) is 7.97. The van der Waals surface area contributed by atoms with E-state index >= 15 is 0 Å². The van der Waals surface area contributed by atoms with Crippen molar-refractivity contribution in [1.82, 2.24) is 4.90 Å². The molecule has 0 spiro atoms. The average molecular weight is 223 g/mol. The Bertz CT molecular complexity index is 370. The van der Waals surface area contributed by atoms with Crippen LogP contribution in [0.15, 0.2) is 16.4 Å². The second-order valence-corrected chi connectivity index (χ2v) is 4.82. The molecule has 0 fully saturated rings. The van der Waals surface area contributed by atoms with Crippen LogP contribution >= 0.6 is 11.3 Å². The van der Waals surface area contributed by atoms with Crippen LogP contribution < -0.4 is 5.73 Å². The number of thiophene rings is 1. The van der Waals surface area contributed by atoms with Crippen molar-refractivity contribution in [3.05, 3.63) is 21.9 Å². The van der Waals surface area contributed by atoms with E-state index in [9.17, 15) is 0 Å². The van der Waals surface area contributed by atoms with Crippen LogP contribution in [0, 0.1) is 6.92 Å². The lowest BCUT2D eigenvalue weighted by Crippen LogP contribution is -2.36. The molecule has 2 rings (SSSR count). The van der Waals surface area contributed by atoms with E-state index < -0.39 is 0 Å². The lowest BCUT2D eigenvalue weighted by atomic mass is 10.1. The van der Waals surface area contributed by atoms with Gasteiger partial charge in [0.2, 0.25) is 0 Å². The van der Waals surface area contributed by atoms with Gasteiger partial charge in [0.1, 0.15) is 0 Å². The Balaban J connectivity index is 2.21. The van der Waals surface area contributed by atoms with E-state index in [4.69, 9.17) is 5.73 Å². The van der Waals surface area contributed by atoms with Gasteiger partial charge in [-0.1, -0.05) is 6.92 Å². The predicted molar refractivity (Wildman–Crippen MR) is 65.3 cm³/mol. The molecule has 0 bridgehead atoms. The Hall–Kier alpha value is -1.03. The molecular formula is C11H17N3S. The zero-order valence-electron chi connectivity index (χ0n) is 9.23. The Morgan fingerprint density at radius 3 is 3.07 bits per heavy atom. The van der Waals surface area contributed by atoms with Crippen LogP contribution in [-0.2, 0) is 0 Å². The fourth-order valence-corrected chi connectivity index (χ4v) is 3.02. The first-order valence-electron chi connectivity index (χ1n) is 5.34. The zero-order valence-corrected chi connectivity index (χ0v) is 10.0. The summed E-state index contributed by atoms with van der Waals surface area (Å²) in [6.07, 6.45) is 1.11. The highest BCUT2D eigenvalue weighted by Gasteiger charge is 2.28. The zero-order chi connectivity index (χ0) is 10.8. The summed E-state index contributed by atoms with van der Waals surface area (Å²) < 4.78 is 0. The van der Waals surface area contributed by atoms with Crippen molar-refractivity contribution in [2.75, 3.05) is 13.1 Å². The molecule has 1 unspecified atom stereocenters. The third kappa shape index (κ3) is 1.86. The number of hydrogen-bond acceptors (Lipinski definition) is 4. The van der Waals surface area contributed by atoms with Gasteiger partial charge >= 0.3 is 0 Å². The minimum atomic E-state index is 0.380. The molecule has 82 valence electrons. The van der Waals surface area contributed by atoms with E-state index in [1.54, 1.807) is 0 Å². The molecule has 2 N–H and O–H groups in total. The maximum Gasteiger partial charge on any atom is 0.191 e. The number of hydrogen-bond donors (Lipinski definition) is 1. The molecule has 4 heteroatoms. The third-order valence-corrected chi connectivity index (χ3v) is 3.89. The number of aryl methyl sites for hydroxylation is 1. The van der Waals surface area contributed by atoms with Gasteiger partial charge in [-0.25, -0.2) is 0 Å². The van der Waals surface area contributed by atoms with E-state index in [0.29, 0.717) is 12.0 Å². The smallest absolute Gasteiger partial charge is 0.191 e. The molecular weight excluding hydrogens is 206 g/mol. The summed E-state index contributed by atoms with van der Waals surface area (Å²) in [6, 6.07) is 2.54. The van der Waals surface area contributed by atoms with Crippen molar-refractivity contribution in [3.63, 3.8) is 0 Å². The molecule has 3 nitrogen and oxygen atoms in total. The summed E-state index contributed by atoms with van der Waals surface area (Å²) in [5.74, 6) is 0.703. The molecule has 1 atom stereocenters. The Morgan fingerprint density at radius 1 is 1.67 bits per heavy atom. The number of aliphatic imine (C=N–C) groups is 1. The van der Waals surface area contributed by atoms with Crippen LogP contribution in [0.4, 0.5) is 0 Å². The topological polar surface area (TPSA) is 41.6 Å². The summed E-state index contributed by atoms with van der Waals surface area (Å²) in [5.41, 5.74) is 7.25. The maximum absolute atomic E-state index is 5.89. The second kappa shape index (κ2) is 4.23. The molecule has 1 aliphatic heterocycles. The van der Waals surface area contributed by atoms with Crippen molar-refractivity contribution in [2.45, 2.75) is 26.3 Å². The number of guanidine groups is 1. The molecule has 2 heterocycles. The van der Waals surface area contributed by atoms with Gasteiger partial charge in [0.15, 0.2) is 5.96 Å². The van der Waals surface area contributed by atoms with Crippen molar-refractivity contribution < 1.29 is 0 Å². The highest BCUT2D eigenvalue weighted by Crippen LogP contribution is 2.31. The second-order valence-electron chi connectivity index (χ2n) is 3.88. The predicted octanol–water partition coefficient (Wildman–Crippen LogP) is 2.14. The van der Waals surface area contributed by atoms with Crippen molar-refractivity contribution in [3.8, 4) is 0 Å². The molecule has 15 heavy (non-hydrogen) atoms. The molecule has 1 aromatic heterocycles. The number of rotatable bonds is 3. The van der Waals surface area contributed by atoms with Gasteiger partial charge in [0, 0.05) is 11.4 Å². The highest BCUT2D eigenvalue weighted by molar-refractivity contribution is 7.10. The fourth-order valence-electron chi connectivity index (χ4n) is 1.99. The quantitative estimate of drug-likeness (QED) is 0.853. The Morgan fingerprint density at radius 2 is 2.47 bits per heavy atom. The lowest BCUT2D eigenvalue weighted by molar-refractivity contribution is 0.351. The number of nitrogens with zero attached hydrogens (tertiary/aromatic N) is 2. The van der Waals surface area contributed by atoms with E-state index in [-0.39, 0.29) is 0 Å². The van der Waals surface area contributed by atoms with Crippen LogP contribution in [0.1, 0.15) is 29.8 Å². The van der Waals surface area contributed by atoms with Crippen LogP contribution in [0.3, 0.4) is 0 Å². The first kappa shape index (κ1) is 10.5. The monoisotopic (exact) mass is 223 g/mol. The standard InChI is InChI=1S/C11H17N3S/c1-3-5-14-9(7-13-11(14)12)10-8(2)4-6-15-10/h4,6,9H,3,5,7H2,1-2H3,(H2,12,13). The first-order valence-corrected chi connectivity index (χ1v) is 6.22. The van der Waals surface area contributed by atoms with Gasteiger partial charge in [-0.3, -0.25) is 4.99 Å². The van der Waals surface area contributed by atoms with Crippen molar-refractivity contribution in [1.29, 1.82) is 0 Å². The van der Waals surface area contributed by atoms with Crippen molar-refractivity contribution in [2.24, 2.45) is 10.7 Å². The van der Waals surface area contributed by atoms with E-state index in [1.807, 2.05) is 11.3 Å². The molecule has 1 aliphatic rings. The summed E-state index contributed by atoms with van der Waals surface area (Å²) in [6.45, 7) is 6.14. The fraction of sp³-hybridized carbons (Fsp3) is 0.545. The minimum absolute atomic E-state index is 0.380. The highest BCUT2D eigenvalue weighted by atomic mass is 32.1. The molecule has 1 aromatic rings. The molecule has 0 saturated heterocycles. The molecule has 0 amide bonds. The van der Waals surface area contributed by atoms with Gasteiger partial charge in [-0.15, -0.1) is 11.3 Å². The van der Waals surface area contributed by atoms with Gasteiger partial charge in [-0.05, 0) is 30.4 Å². The average Bonchev–Trinajstić information content (AvgIpc) is 2.76. The van der Waals surface area contributed by atoms with E-state index in [0.717, 1.165) is 19.5 Å². The summed E-state index contributed by atoms with van der Waals surface area (Å²) in [5, 5.41) is 2.14. The maximum atomic E-state index is 5.89. The molecule has 0 aromatic carbocycles. The summed E-state index contributed by atoms with van der Waals surface area (Å²) >= 11 is 1.81. The normalized spacial score (nSPS) is 20.8. The number of nitrogens with two attached hydrogens (primary N) is 1. The molecule has 0 saturated carbocycles. The van der Waals surface area contributed by atoms with Crippen LogP contribution in [-0.4, -0.2) is 23.9 Å². The van der Waals surface area contributed by atoms with Gasteiger partial charge in [0.25, 0.3) is 0 Å². The van der Waals surface area contributed by atoms with Crippen molar-refractivity contribution >= 4 is 17.3 Å². The Labute approximate surface area is 94.6 Å². The first-order chi connectivity index (χ1) is 7.24. The molecule has 0 radical (unpaired) electrons.